The van der Waals surface area contributed by atoms with Gasteiger partial charge in [0.2, 0.25) is 0 Å². The number of phenols is 1. The number of hydrogen-bond donors (Lipinski definition) is 1. The van der Waals surface area contributed by atoms with Crippen molar-refractivity contribution >= 4 is 39.9 Å². The highest BCUT2D eigenvalue weighted by molar-refractivity contribution is 7.16. The number of phenolic OH excluding ortho intramolecular Hbond substituents is 1. The molecule has 1 atom stereocenters. The van der Waals surface area contributed by atoms with Crippen LogP contribution in [0.3, 0.4) is 0 Å². The lowest BCUT2D eigenvalue weighted by atomic mass is 10.1. The molecule has 2 aromatic heterocycles. The van der Waals surface area contributed by atoms with Crippen LogP contribution in [0.15, 0.2) is 48.8 Å². The number of aromatic nitrogens is 2. The number of carbonyl (C=O) groups excluding carboxylic acids is 1. The van der Waals surface area contributed by atoms with Gasteiger partial charge in [0.15, 0.2) is 4.88 Å². The van der Waals surface area contributed by atoms with Gasteiger partial charge in [-0.15, -0.1) is 24.5 Å². The average Bonchev–Trinajstić information content (AvgIpc) is 3.37. The molecule has 0 aliphatic rings. The number of alkyl halides is 3. The third kappa shape index (κ3) is 4.75. The van der Waals surface area contributed by atoms with E-state index in [0.717, 1.165) is 17.4 Å². The van der Waals surface area contributed by atoms with Crippen LogP contribution in [0.1, 0.15) is 28.3 Å². The molecule has 1 N–H and O–H groups in total. The maximum Gasteiger partial charge on any atom is 0.573 e. The highest BCUT2D eigenvalue weighted by atomic mass is 35.5. The van der Waals surface area contributed by atoms with E-state index in [4.69, 9.17) is 21.1 Å². The summed E-state index contributed by atoms with van der Waals surface area (Å²) < 4.78 is 53.9. The molecule has 34 heavy (non-hydrogen) atoms. The van der Waals surface area contributed by atoms with Crippen LogP contribution in [0.5, 0.6) is 17.2 Å². The molecule has 0 saturated carbocycles. The van der Waals surface area contributed by atoms with E-state index in [2.05, 4.69) is 9.72 Å². The number of esters is 1. The topological polar surface area (TPSA) is 82.8 Å². The lowest BCUT2D eigenvalue weighted by Crippen LogP contribution is -2.17. The molecule has 0 saturated heterocycles. The molecule has 0 spiro atoms. The number of benzene rings is 2. The van der Waals surface area contributed by atoms with Gasteiger partial charge in [-0.25, -0.2) is 9.78 Å². The minimum Gasteiger partial charge on any atom is -0.506 e. The van der Waals surface area contributed by atoms with Gasteiger partial charge in [0.25, 0.3) is 0 Å². The third-order valence-electron chi connectivity index (χ3n) is 4.80. The zero-order valence-corrected chi connectivity index (χ0v) is 19.2. The molecule has 2 heterocycles. The van der Waals surface area contributed by atoms with Crippen molar-refractivity contribution in [3.63, 3.8) is 0 Å². The monoisotopic (exact) mass is 512 g/mol. The van der Waals surface area contributed by atoms with E-state index in [-0.39, 0.29) is 26.9 Å². The normalized spacial score (nSPS) is 12.5. The second kappa shape index (κ2) is 9.07. The third-order valence-corrected chi connectivity index (χ3v) is 6.30. The number of carbonyl (C=O) groups is 1. The van der Waals surface area contributed by atoms with Gasteiger partial charge in [-0.05, 0) is 25.1 Å². The summed E-state index contributed by atoms with van der Waals surface area (Å²) in [6.07, 6.45) is -4.04. The molecular weight excluding hydrogens is 497 g/mol. The molecule has 178 valence electrons. The summed E-state index contributed by atoms with van der Waals surface area (Å²) in [7, 11) is 1.23. The molecule has 7 nitrogen and oxygen atoms in total. The summed E-state index contributed by atoms with van der Waals surface area (Å²) in [5.74, 6) is -0.927. The van der Waals surface area contributed by atoms with Crippen LogP contribution < -0.4 is 9.47 Å². The Kier molecular flexibility index (Phi) is 6.32. The van der Waals surface area contributed by atoms with Crippen LogP contribution in [0.2, 0.25) is 5.02 Å². The SMILES string of the molecule is COC(=O)c1sc(-n2cnc3cc(OC(F)(F)F)ccc32)cc1O[C@H](C)c1cccc(O)c1Cl. The number of halogens is 4. The van der Waals surface area contributed by atoms with Crippen LogP contribution in [-0.4, -0.2) is 34.1 Å². The summed E-state index contributed by atoms with van der Waals surface area (Å²) in [6, 6.07) is 10.1. The van der Waals surface area contributed by atoms with Crippen molar-refractivity contribution in [3.05, 3.63) is 64.3 Å². The molecule has 0 amide bonds. The maximum atomic E-state index is 12.5. The molecule has 2 aromatic carbocycles. The smallest absolute Gasteiger partial charge is 0.506 e. The van der Waals surface area contributed by atoms with E-state index in [1.807, 2.05) is 0 Å². The van der Waals surface area contributed by atoms with Crippen LogP contribution in [-0.2, 0) is 4.74 Å². The molecule has 0 fully saturated rings. The Morgan fingerprint density at radius 1 is 1.24 bits per heavy atom. The van der Waals surface area contributed by atoms with Crippen molar-refractivity contribution in [2.75, 3.05) is 7.11 Å². The standard InChI is InChI=1S/C22H16ClF3N2O5S/c1-11(13-4-3-5-16(29)19(13)23)32-17-9-18(34-20(17)21(30)31-2)28-10-27-14-8-12(6-7-15(14)28)33-22(24,25)26/h3-11,29H,1-2H3/t11-/m1/s1. The Hall–Kier alpha value is -3.44. The second-order valence-corrected chi connectivity index (χ2v) is 8.43. The summed E-state index contributed by atoms with van der Waals surface area (Å²) >= 11 is 7.23. The highest BCUT2D eigenvalue weighted by Gasteiger charge is 2.31. The molecule has 0 aliphatic carbocycles. The molecular formula is C22H16ClF3N2O5S. The number of imidazole rings is 1. The van der Waals surface area contributed by atoms with Gasteiger partial charge in [-0.2, -0.15) is 0 Å². The van der Waals surface area contributed by atoms with E-state index in [9.17, 15) is 23.1 Å². The molecule has 0 unspecified atom stereocenters. The van der Waals surface area contributed by atoms with E-state index in [0.29, 0.717) is 16.1 Å². The first-order valence-electron chi connectivity index (χ1n) is 9.66. The van der Waals surface area contributed by atoms with Gasteiger partial charge in [-0.1, -0.05) is 23.7 Å². The number of aromatic hydroxyl groups is 1. The van der Waals surface area contributed by atoms with Crippen LogP contribution in [0, 0.1) is 0 Å². The molecule has 0 radical (unpaired) electrons. The predicted octanol–water partition coefficient (Wildman–Crippen LogP) is 6.27. The zero-order chi connectivity index (χ0) is 24.6. The average molecular weight is 513 g/mol. The van der Waals surface area contributed by atoms with Crippen LogP contribution >= 0.6 is 22.9 Å². The molecule has 4 aromatic rings. The number of ether oxygens (including phenoxy) is 3. The number of fused-ring (bicyclic) bond motifs is 1. The molecule has 0 bridgehead atoms. The first-order valence-corrected chi connectivity index (χ1v) is 10.9. The number of rotatable bonds is 6. The fourth-order valence-electron chi connectivity index (χ4n) is 3.27. The number of hydrogen-bond acceptors (Lipinski definition) is 7. The minimum atomic E-state index is -4.82. The quantitative estimate of drug-likeness (QED) is 0.306. The first kappa shape index (κ1) is 23.7. The van der Waals surface area contributed by atoms with Crippen molar-refractivity contribution in [2.24, 2.45) is 0 Å². The van der Waals surface area contributed by atoms with Crippen molar-refractivity contribution in [1.82, 2.24) is 9.55 Å². The van der Waals surface area contributed by atoms with Crippen molar-refractivity contribution in [3.8, 4) is 22.2 Å². The van der Waals surface area contributed by atoms with Crippen LogP contribution in [0.25, 0.3) is 16.0 Å². The Bertz CT molecular complexity index is 1370. The number of methoxy groups -OCH3 is 1. The first-order chi connectivity index (χ1) is 16.1. The summed E-state index contributed by atoms with van der Waals surface area (Å²) in [5, 5.41) is 10.5. The lowest BCUT2D eigenvalue weighted by molar-refractivity contribution is -0.274. The maximum absolute atomic E-state index is 12.5. The predicted molar refractivity (Wildman–Crippen MR) is 119 cm³/mol. The lowest BCUT2D eigenvalue weighted by Gasteiger charge is -2.16. The molecule has 4 rings (SSSR count). The Labute approximate surface area is 199 Å². The Balaban J connectivity index is 1.70. The van der Waals surface area contributed by atoms with Gasteiger partial charge in [0.1, 0.15) is 34.7 Å². The minimum absolute atomic E-state index is 0.104. The van der Waals surface area contributed by atoms with E-state index < -0.39 is 24.2 Å². The van der Waals surface area contributed by atoms with Crippen molar-refractivity contribution < 1.29 is 37.3 Å². The van der Waals surface area contributed by atoms with Gasteiger partial charge < -0.3 is 19.3 Å². The fraction of sp³-hybridized carbons (Fsp3) is 0.182. The second-order valence-electron chi connectivity index (χ2n) is 7.02. The van der Waals surface area contributed by atoms with Gasteiger partial charge >= 0.3 is 12.3 Å². The number of nitrogens with zero attached hydrogens (tertiary/aromatic N) is 2. The fourth-order valence-corrected chi connectivity index (χ4v) is 4.55. The van der Waals surface area contributed by atoms with Crippen molar-refractivity contribution in [2.45, 2.75) is 19.4 Å². The van der Waals surface area contributed by atoms with Gasteiger partial charge in [0.05, 0.1) is 23.2 Å². The summed E-state index contributed by atoms with van der Waals surface area (Å²) in [5.41, 5.74) is 1.26. The van der Waals surface area contributed by atoms with Crippen molar-refractivity contribution in [1.29, 1.82) is 0 Å². The van der Waals surface area contributed by atoms with E-state index in [1.54, 1.807) is 29.7 Å². The molecule has 12 heteroatoms. The zero-order valence-electron chi connectivity index (χ0n) is 17.6. The summed E-state index contributed by atoms with van der Waals surface area (Å²) in [6.45, 7) is 1.70. The van der Waals surface area contributed by atoms with Crippen LogP contribution in [0.4, 0.5) is 13.2 Å². The number of thiophene rings is 1. The largest absolute Gasteiger partial charge is 0.573 e. The Morgan fingerprint density at radius 2 is 2.00 bits per heavy atom. The molecule has 0 aliphatic heterocycles. The van der Waals surface area contributed by atoms with E-state index >= 15 is 0 Å². The summed E-state index contributed by atoms with van der Waals surface area (Å²) in [4.78, 5) is 16.7. The van der Waals surface area contributed by atoms with Gasteiger partial charge in [-0.3, -0.25) is 4.57 Å². The highest BCUT2D eigenvalue weighted by Crippen LogP contribution is 2.39. The van der Waals surface area contributed by atoms with E-state index in [1.165, 1.54) is 31.6 Å². The Morgan fingerprint density at radius 3 is 2.71 bits per heavy atom. The van der Waals surface area contributed by atoms with Gasteiger partial charge in [0, 0.05) is 17.7 Å².